The number of alkyl carbamates (subject to hydrolysis) is 1. The minimum atomic E-state index is -4.89. The fourth-order valence-corrected chi connectivity index (χ4v) is 4.17. The number of nitrogens with one attached hydrogen (secondary N) is 2. The Bertz CT molecular complexity index is 1030. The van der Waals surface area contributed by atoms with Crippen molar-refractivity contribution in [1.82, 2.24) is 10.6 Å². The molecule has 1 aliphatic rings. The Morgan fingerprint density at radius 2 is 1.60 bits per heavy atom. The summed E-state index contributed by atoms with van der Waals surface area (Å²) < 4.78 is 45.6. The second kappa shape index (κ2) is 11.2. The number of hydrogen-bond acceptors (Lipinski definition) is 4. The van der Waals surface area contributed by atoms with E-state index in [0.717, 1.165) is 22.3 Å². The van der Waals surface area contributed by atoms with Crippen LogP contribution < -0.4 is 10.6 Å². The Kier molecular flexibility index (Phi) is 8.37. The van der Waals surface area contributed by atoms with Crippen LogP contribution in [-0.4, -0.2) is 48.4 Å². The van der Waals surface area contributed by atoms with Gasteiger partial charge in [0.25, 0.3) is 0 Å². The Morgan fingerprint density at radius 1 is 1.03 bits per heavy atom. The molecule has 2 aromatic carbocycles. The van der Waals surface area contributed by atoms with Crippen molar-refractivity contribution in [2.45, 2.75) is 44.3 Å². The molecule has 7 nitrogen and oxygen atoms in total. The van der Waals surface area contributed by atoms with Crippen LogP contribution in [0.1, 0.15) is 43.2 Å². The number of carbonyl (C=O) groups is 3. The number of halogens is 3. The molecule has 2 atom stereocenters. The number of fused-ring (bicyclic) bond motifs is 3. The number of rotatable bonds is 10. The highest BCUT2D eigenvalue weighted by Crippen LogP contribution is 2.44. The van der Waals surface area contributed by atoms with E-state index in [-0.39, 0.29) is 31.8 Å². The van der Waals surface area contributed by atoms with Gasteiger partial charge in [0.05, 0.1) is 0 Å². The van der Waals surface area contributed by atoms with Crippen LogP contribution in [0.2, 0.25) is 0 Å². The van der Waals surface area contributed by atoms with Crippen LogP contribution in [-0.2, 0) is 14.3 Å². The molecule has 0 aliphatic heterocycles. The average molecular weight is 492 g/mol. The van der Waals surface area contributed by atoms with Gasteiger partial charge in [0.15, 0.2) is 5.92 Å². The van der Waals surface area contributed by atoms with E-state index in [1.54, 1.807) is 0 Å². The van der Waals surface area contributed by atoms with Crippen molar-refractivity contribution in [3.05, 3.63) is 59.7 Å². The molecule has 0 saturated carbocycles. The molecule has 0 saturated heterocycles. The molecule has 0 bridgehead atoms. The quantitative estimate of drug-likeness (QED) is 0.454. The highest BCUT2D eigenvalue weighted by Gasteiger charge is 2.45. The summed E-state index contributed by atoms with van der Waals surface area (Å²) in [7, 11) is 0. The molecule has 2 aromatic rings. The van der Waals surface area contributed by atoms with Crippen molar-refractivity contribution in [2.75, 3.05) is 13.2 Å². The summed E-state index contributed by atoms with van der Waals surface area (Å²) >= 11 is 0. The topological polar surface area (TPSA) is 105 Å². The van der Waals surface area contributed by atoms with Gasteiger partial charge in [-0.15, -0.1) is 0 Å². The molecule has 188 valence electrons. The summed E-state index contributed by atoms with van der Waals surface area (Å²) in [6.45, 7) is 0.448. The Balaban J connectivity index is 1.55. The average Bonchev–Trinajstić information content (AvgIpc) is 3.10. The van der Waals surface area contributed by atoms with Crippen molar-refractivity contribution in [3.8, 4) is 11.1 Å². The van der Waals surface area contributed by atoms with Crippen molar-refractivity contribution in [1.29, 1.82) is 0 Å². The molecule has 0 radical (unpaired) electrons. The highest BCUT2D eigenvalue weighted by molar-refractivity contribution is 5.81. The van der Waals surface area contributed by atoms with Crippen molar-refractivity contribution in [3.63, 3.8) is 0 Å². The van der Waals surface area contributed by atoms with Gasteiger partial charge in [0.1, 0.15) is 6.61 Å². The Hall–Kier alpha value is -3.56. The van der Waals surface area contributed by atoms with Crippen molar-refractivity contribution in [2.24, 2.45) is 5.92 Å². The standard InChI is InChI=1S/C25H27F3N2O5/c1-15(7-6-12-22(31)32)30-23(33)21(25(26,27)28)13-29-24(34)35-14-20-18-10-4-2-8-16(18)17-9-3-5-11-19(17)20/h2-5,8-11,15,20-21H,6-7,12-14H2,1H3,(H,29,34)(H,30,33)(H,31,32). The fraction of sp³-hybridized carbons (Fsp3) is 0.400. The molecular weight excluding hydrogens is 465 g/mol. The monoisotopic (exact) mass is 492 g/mol. The van der Waals surface area contributed by atoms with Crippen LogP contribution in [0.4, 0.5) is 18.0 Å². The first-order valence-electron chi connectivity index (χ1n) is 11.3. The lowest BCUT2D eigenvalue weighted by Crippen LogP contribution is -2.48. The summed E-state index contributed by atoms with van der Waals surface area (Å²) in [5.74, 6) is -5.03. The second-order valence-corrected chi connectivity index (χ2v) is 8.50. The Labute approximate surface area is 200 Å². The van der Waals surface area contributed by atoms with Crippen molar-refractivity contribution >= 4 is 18.0 Å². The fourth-order valence-electron chi connectivity index (χ4n) is 4.17. The zero-order valence-corrected chi connectivity index (χ0v) is 19.1. The number of aliphatic carboxylic acids is 1. The maximum absolute atomic E-state index is 13.5. The van der Waals surface area contributed by atoms with Crippen LogP contribution in [0.15, 0.2) is 48.5 Å². The minimum Gasteiger partial charge on any atom is -0.481 e. The number of ether oxygens (including phenoxy) is 1. The second-order valence-electron chi connectivity index (χ2n) is 8.50. The van der Waals surface area contributed by atoms with Gasteiger partial charge in [-0.05, 0) is 42.0 Å². The Morgan fingerprint density at radius 3 is 2.14 bits per heavy atom. The third kappa shape index (κ3) is 6.74. The lowest BCUT2D eigenvalue weighted by molar-refractivity contribution is -0.181. The predicted octanol–water partition coefficient (Wildman–Crippen LogP) is 4.46. The zero-order valence-electron chi connectivity index (χ0n) is 19.1. The molecule has 10 heteroatoms. The van der Waals surface area contributed by atoms with Crippen molar-refractivity contribution < 1.29 is 37.4 Å². The molecule has 35 heavy (non-hydrogen) atoms. The predicted molar refractivity (Wildman–Crippen MR) is 122 cm³/mol. The summed E-state index contributed by atoms with van der Waals surface area (Å²) in [6, 6.07) is 14.7. The first-order valence-corrected chi connectivity index (χ1v) is 11.3. The van der Waals surface area contributed by atoms with E-state index in [2.05, 4.69) is 10.6 Å². The number of carboxylic acid groups (broad SMARTS) is 1. The summed E-state index contributed by atoms with van der Waals surface area (Å²) in [4.78, 5) is 35.0. The number of amides is 2. The molecule has 2 unspecified atom stereocenters. The first-order chi connectivity index (χ1) is 16.6. The van der Waals surface area contributed by atoms with E-state index in [0.29, 0.717) is 0 Å². The van der Waals surface area contributed by atoms with Gasteiger partial charge in [-0.2, -0.15) is 13.2 Å². The van der Waals surface area contributed by atoms with E-state index in [4.69, 9.17) is 9.84 Å². The minimum absolute atomic E-state index is 0.0661. The van der Waals surface area contributed by atoms with Crippen LogP contribution in [0.3, 0.4) is 0 Å². The number of benzene rings is 2. The summed E-state index contributed by atoms with van der Waals surface area (Å²) in [5.41, 5.74) is 3.96. The maximum atomic E-state index is 13.5. The van der Waals surface area contributed by atoms with E-state index in [9.17, 15) is 27.6 Å². The first kappa shape index (κ1) is 26.1. The number of carboxylic acids is 1. The number of carbonyl (C=O) groups excluding carboxylic acids is 2. The lowest BCUT2D eigenvalue weighted by Gasteiger charge is -2.23. The van der Waals surface area contributed by atoms with E-state index >= 15 is 0 Å². The van der Waals surface area contributed by atoms with Gasteiger partial charge >= 0.3 is 18.2 Å². The SMILES string of the molecule is CC(CCCC(=O)O)NC(=O)C(CNC(=O)OCC1c2ccccc2-c2ccccc21)C(F)(F)F. The van der Waals surface area contributed by atoms with E-state index in [1.165, 1.54) is 6.92 Å². The summed E-state index contributed by atoms with van der Waals surface area (Å²) in [6.07, 6.45) is -5.66. The molecule has 3 N–H and O–H groups in total. The smallest absolute Gasteiger partial charge is 0.407 e. The maximum Gasteiger partial charge on any atom is 0.407 e. The van der Waals surface area contributed by atoms with Crippen LogP contribution in [0.25, 0.3) is 11.1 Å². The molecule has 0 aromatic heterocycles. The van der Waals surface area contributed by atoms with Gasteiger partial charge in [-0.1, -0.05) is 48.5 Å². The molecular formula is C25H27F3N2O5. The molecule has 0 spiro atoms. The molecule has 1 aliphatic carbocycles. The van der Waals surface area contributed by atoms with Gasteiger partial charge in [-0.25, -0.2) is 4.79 Å². The van der Waals surface area contributed by atoms with Gasteiger partial charge < -0.3 is 20.5 Å². The third-order valence-electron chi connectivity index (χ3n) is 5.92. The largest absolute Gasteiger partial charge is 0.481 e. The van der Waals surface area contributed by atoms with Gasteiger partial charge in [-0.3, -0.25) is 9.59 Å². The molecule has 3 rings (SSSR count). The van der Waals surface area contributed by atoms with E-state index < -0.39 is 42.7 Å². The molecule has 0 heterocycles. The van der Waals surface area contributed by atoms with Crippen LogP contribution in [0.5, 0.6) is 0 Å². The van der Waals surface area contributed by atoms with E-state index in [1.807, 2.05) is 48.5 Å². The number of hydrogen-bond donors (Lipinski definition) is 3. The molecule has 2 amide bonds. The summed E-state index contributed by atoms with van der Waals surface area (Å²) in [5, 5.41) is 12.9. The number of alkyl halides is 3. The van der Waals surface area contributed by atoms with Crippen LogP contribution >= 0.6 is 0 Å². The normalized spacial score (nSPS) is 14.4. The molecule has 0 fully saturated rings. The lowest BCUT2D eigenvalue weighted by atomic mass is 9.98. The highest BCUT2D eigenvalue weighted by atomic mass is 19.4. The van der Waals surface area contributed by atoms with Gasteiger partial charge in [0, 0.05) is 24.9 Å². The third-order valence-corrected chi connectivity index (χ3v) is 5.92. The zero-order chi connectivity index (χ0) is 25.6. The van der Waals surface area contributed by atoms with Crippen LogP contribution in [0, 0.1) is 5.92 Å². The van der Waals surface area contributed by atoms with Gasteiger partial charge in [0.2, 0.25) is 5.91 Å².